The van der Waals surface area contributed by atoms with E-state index in [-0.39, 0.29) is 5.82 Å². The summed E-state index contributed by atoms with van der Waals surface area (Å²) < 4.78 is 36.5. The molecule has 6 heteroatoms. The van der Waals surface area contributed by atoms with E-state index in [1.165, 1.54) is 12.1 Å². The van der Waals surface area contributed by atoms with E-state index in [2.05, 4.69) is 0 Å². The van der Waals surface area contributed by atoms with Crippen molar-refractivity contribution >= 4 is 14.0 Å². The minimum absolute atomic E-state index is 0.299. The van der Waals surface area contributed by atoms with Gasteiger partial charge < -0.3 is 18.0 Å². The van der Waals surface area contributed by atoms with Crippen LogP contribution in [0.1, 0.15) is 20.8 Å². The van der Waals surface area contributed by atoms with Gasteiger partial charge in [0, 0.05) is 25.0 Å². The average Bonchev–Trinajstić information content (AvgIpc) is 2.58. The van der Waals surface area contributed by atoms with Gasteiger partial charge in [0.1, 0.15) is 17.3 Å². The Morgan fingerprint density at radius 1 is 0.792 bits per heavy atom. The molecule has 0 atom stereocenters. The Morgan fingerprint density at radius 3 is 1.92 bits per heavy atom. The molecule has 24 heavy (non-hydrogen) atoms. The summed E-state index contributed by atoms with van der Waals surface area (Å²) in [6, 6.07) is 13.4. The van der Waals surface area contributed by atoms with E-state index in [1.54, 1.807) is 12.1 Å². The van der Waals surface area contributed by atoms with Gasteiger partial charge in [0.2, 0.25) is 0 Å². The van der Waals surface area contributed by atoms with Crippen LogP contribution in [0.5, 0.6) is 11.5 Å². The predicted molar refractivity (Wildman–Crippen MR) is 93.2 cm³/mol. The Morgan fingerprint density at radius 2 is 1.38 bits per heavy atom. The van der Waals surface area contributed by atoms with Gasteiger partial charge >= 0.3 is 8.80 Å². The first-order valence-electron chi connectivity index (χ1n) is 8.09. The zero-order valence-electron chi connectivity index (χ0n) is 14.3. The van der Waals surface area contributed by atoms with Crippen LogP contribution >= 0.6 is 0 Å². The van der Waals surface area contributed by atoms with E-state index in [0.29, 0.717) is 31.3 Å². The molecule has 130 valence electrons. The molecule has 0 unspecified atom stereocenters. The lowest BCUT2D eigenvalue weighted by molar-refractivity contribution is 0.0858. The molecule has 0 bridgehead atoms. The first-order valence-corrected chi connectivity index (χ1v) is 9.81. The highest BCUT2D eigenvalue weighted by Crippen LogP contribution is 2.22. The number of rotatable bonds is 9. The van der Waals surface area contributed by atoms with Crippen LogP contribution in [-0.2, 0) is 13.3 Å². The summed E-state index contributed by atoms with van der Waals surface area (Å²) in [4.78, 5) is 0. The number of halogens is 1. The van der Waals surface area contributed by atoms with Crippen LogP contribution in [0.15, 0.2) is 48.5 Å². The third-order valence-corrected chi connectivity index (χ3v) is 6.26. The van der Waals surface area contributed by atoms with E-state index >= 15 is 0 Å². The van der Waals surface area contributed by atoms with Gasteiger partial charge in [-0.25, -0.2) is 4.39 Å². The minimum atomic E-state index is -2.97. The van der Waals surface area contributed by atoms with Crippen molar-refractivity contribution in [2.24, 2.45) is 0 Å². The third kappa shape index (κ3) is 4.64. The highest BCUT2D eigenvalue weighted by atomic mass is 28.4. The van der Waals surface area contributed by atoms with Gasteiger partial charge in [-0.2, -0.15) is 0 Å². The summed E-state index contributed by atoms with van der Waals surface area (Å²) in [6.45, 7) is 7.23. The van der Waals surface area contributed by atoms with Crippen molar-refractivity contribution in [1.29, 1.82) is 0 Å². The second-order valence-electron chi connectivity index (χ2n) is 4.94. The zero-order valence-corrected chi connectivity index (χ0v) is 15.3. The summed E-state index contributed by atoms with van der Waals surface area (Å²) in [5, 5.41) is 0.840. The molecule has 0 spiro atoms. The molecule has 0 saturated heterocycles. The molecule has 2 rings (SSSR count). The number of hydrogen-bond acceptors (Lipinski definition) is 4. The van der Waals surface area contributed by atoms with Crippen molar-refractivity contribution < 1.29 is 22.4 Å². The van der Waals surface area contributed by atoms with Crippen molar-refractivity contribution in [2.45, 2.75) is 20.8 Å². The van der Waals surface area contributed by atoms with E-state index in [0.717, 1.165) is 5.19 Å². The first kappa shape index (κ1) is 18.6. The van der Waals surface area contributed by atoms with E-state index in [1.807, 2.05) is 45.0 Å². The summed E-state index contributed by atoms with van der Waals surface area (Å²) in [5.41, 5.74) is 0. The van der Waals surface area contributed by atoms with Crippen LogP contribution in [0.4, 0.5) is 4.39 Å². The molecule has 0 aromatic heterocycles. The molecule has 0 fully saturated rings. The molecule has 2 aromatic carbocycles. The van der Waals surface area contributed by atoms with Crippen LogP contribution in [0.3, 0.4) is 0 Å². The Balaban J connectivity index is 2.29. The van der Waals surface area contributed by atoms with Crippen molar-refractivity contribution in [1.82, 2.24) is 0 Å². The maximum Gasteiger partial charge on any atom is 0.537 e. The quantitative estimate of drug-likeness (QED) is 0.643. The second-order valence-corrected chi connectivity index (χ2v) is 7.49. The maximum atomic E-state index is 13.0. The lowest BCUT2D eigenvalue weighted by Gasteiger charge is -2.28. The molecule has 2 aromatic rings. The van der Waals surface area contributed by atoms with Gasteiger partial charge in [-0.1, -0.05) is 12.1 Å². The molecule has 0 radical (unpaired) electrons. The number of hydrogen-bond donors (Lipinski definition) is 0. The Hall–Kier alpha value is -1.73. The summed E-state index contributed by atoms with van der Waals surface area (Å²) in [7, 11) is -2.97. The monoisotopic (exact) mass is 350 g/mol. The van der Waals surface area contributed by atoms with Gasteiger partial charge in [-0.05, 0) is 57.2 Å². The topological polar surface area (TPSA) is 36.9 Å². The summed E-state index contributed by atoms with van der Waals surface area (Å²) in [5.74, 6) is 0.881. The van der Waals surface area contributed by atoms with Crippen LogP contribution < -0.4 is 9.92 Å². The Kier molecular flexibility index (Phi) is 6.93. The van der Waals surface area contributed by atoms with Gasteiger partial charge in [0.15, 0.2) is 0 Å². The summed E-state index contributed by atoms with van der Waals surface area (Å²) >= 11 is 0. The Bertz CT molecular complexity index is 616. The van der Waals surface area contributed by atoms with Crippen molar-refractivity contribution in [3.05, 3.63) is 54.3 Å². The molecule has 0 amide bonds. The summed E-state index contributed by atoms with van der Waals surface area (Å²) in [6.07, 6.45) is 0. The SMILES string of the molecule is CCO[Si](OCC)(OCC)c1cccc(Oc2ccc(F)cc2)c1. The molecule has 0 N–H and O–H groups in total. The highest BCUT2D eigenvalue weighted by Gasteiger charge is 2.43. The molecule has 0 aliphatic heterocycles. The van der Waals surface area contributed by atoms with Gasteiger partial charge in [0.25, 0.3) is 0 Å². The van der Waals surface area contributed by atoms with Gasteiger partial charge in [0.05, 0.1) is 0 Å². The number of ether oxygens (including phenoxy) is 1. The van der Waals surface area contributed by atoms with Crippen LogP contribution in [0, 0.1) is 5.82 Å². The average molecular weight is 350 g/mol. The van der Waals surface area contributed by atoms with Crippen molar-refractivity contribution in [2.75, 3.05) is 19.8 Å². The molecular weight excluding hydrogens is 327 g/mol. The van der Waals surface area contributed by atoms with Gasteiger partial charge in [-0.3, -0.25) is 0 Å². The van der Waals surface area contributed by atoms with E-state index in [9.17, 15) is 4.39 Å². The molecule has 4 nitrogen and oxygen atoms in total. The lowest BCUT2D eigenvalue weighted by atomic mass is 10.3. The largest absolute Gasteiger partial charge is 0.537 e. The molecule has 0 saturated carbocycles. The zero-order chi connectivity index (χ0) is 17.4. The van der Waals surface area contributed by atoms with E-state index < -0.39 is 8.80 Å². The highest BCUT2D eigenvalue weighted by molar-refractivity contribution is 6.75. The van der Waals surface area contributed by atoms with Crippen molar-refractivity contribution in [3.63, 3.8) is 0 Å². The van der Waals surface area contributed by atoms with Crippen LogP contribution in [0.25, 0.3) is 0 Å². The standard InChI is InChI=1S/C18H23FO4Si/c1-4-20-24(21-5-2,22-6-3)18-9-7-8-17(14-18)23-16-12-10-15(19)11-13-16/h7-14H,4-6H2,1-3H3. The van der Waals surface area contributed by atoms with Gasteiger partial charge in [-0.15, -0.1) is 0 Å². The molecule has 0 heterocycles. The fourth-order valence-corrected chi connectivity index (χ4v) is 4.84. The fraction of sp³-hybridized carbons (Fsp3) is 0.333. The minimum Gasteiger partial charge on any atom is -0.457 e. The fourth-order valence-electron chi connectivity index (χ4n) is 2.33. The number of benzene rings is 2. The molecular formula is C18H23FO4Si. The smallest absolute Gasteiger partial charge is 0.457 e. The maximum absolute atomic E-state index is 13.0. The normalized spacial score (nSPS) is 11.5. The van der Waals surface area contributed by atoms with Crippen LogP contribution in [-0.4, -0.2) is 28.6 Å². The third-order valence-electron chi connectivity index (χ3n) is 3.24. The molecule has 0 aliphatic rings. The van der Waals surface area contributed by atoms with Crippen LogP contribution in [0.2, 0.25) is 0 Å². The Labute approximate surface area is 143 Å². The van der Waals surface area contributed by atoms with Crippen molar-refractivity contribution in [3.8, 4) is 11.5 Å². The van der Waals surface area contributed by atoms with E-state index in [4.69, 9.17) is 18.0 Å². The predicted octanol–water partition coefficient (Wildman–Crippen LogP) is 3.87. The first-order chi connectivity index (χ1) is 11.6. The lowest BCUT2D eigenvalue weighted by Crippen LogP contribution is -2.56. The second kappa shape index (κ2) is 8.94. The molecule has 0 aliphatic carbocycles.